The lowest BCUT2D eigenvalue weighted by Crippen LogP contribution is -2.38. The van der Waals surface area contributed by atoms with Crippen LogP contribution >= 0.6 is 0 Å². The van der Waals surface area contributed by atoms with Gasteiger partial charge in [0.15, 0.2) is 0 Å². The number of likely N-dealkylation sites (tertiary alicyclic amines) is 1. The fraction of sp³-hybridized carbons (Fsp3) is 0.929. The Morgan fingerprint density at radius 3 is 2.58 bits per heavy atom. The number of nitrogens with two attached hydrogens (primary N) is 1. The molecule has 1 fully saturated rings. The third-order valence-electron chi connectivity index (χ3n) is 4.01. The van der Waals surface area contributed by atoms with Crippen molar-refractivity contribution < 1.29 is 9.94 Å². The van der Waals surface area contributed by atoms with Gasteiger partial charge in [-0.25, -0.2) is 0 Å². The maximum atomic E-state index is 8.74. The van der Waals surface area contributed by atoms with Crippen LogP contribution in [0.2, 0.25) is 0 Å². The number of ether oxygens (including phenoxy) is 1. The second-order valence-corrected chi connectivity index (χ2v) is 5.97. The average Bonchev–Trinajstić information content (AvgIpc) is 2.40. The Kier molecular flexibility index (Phi) is 6.58. The largest absolute Gasteiger partial charge is 0.409 e. The van der Waals surface area contributed by atoms with Gasteiger partial charge in [-0.3, -0.25) is 0 Å². The summed E-state index contributed by atoms with van der Waals surface area (Å²) < 4.78 is 5.65. The van der Waals surface area contributed by atoms with Crippen molar-refractivity contribution in [3.63, 3.8) is 0 Å². The summed E-state index contributed by atoms with van der Waals surface area (Å²) in [4.78, 5) is 2.48. The molecule has 1 rings (SSSR count). The molecule has 1 aliphatic heterocycles. The van der Waals surface area contributed by atoms with Crippen molar-refractivity contribution in [2.24, 2.45) is 16.3 Å². The number of hydrogen-bond acceptors (Lipinski definition) is 4. The number of amidine groups is 1. The van der Waals surface area contributed by atoms with Crippen molar-refractivity contribution in [3.8, 4) is 0 Å². The maximum Gasteiger partial charge on any atom is 0.144 e. The van der Waals surface area contributed by atoms with E-state index in [-0.39, 0.29) is 5.41 Å². The lowest BCUT2D eigenvalue weighted by atomic mass is 9.86. The summed E-state index contributed by atoms with van der Waals surface area (Å²) >= 11 is 0. The summed E-state index contributed by atoms with van der Waals surface area (Å²) in [5.41, 5.74) is 5.47. The van der Waals surface area contributed by atoms with E-state index in [0.717, 1.165) is 51.9 Å². The lowest BCUT2D eigenvalue weighted by Gasteiger charge is -2.32. The Labute approximate surface area is 116 Å². The van der Waals surface area contributed by atoms with E-state index in [2.05, 4.69) is 17.0 Å². The van der Waals surface area contributed by atoms with Crippen LogP contribution in [-0.2, 0) is 4.74 Å². The fourth-order valence-corrected chi connectivity index (χ4v) is 2.54. The van der Waals surface area contributed by atoms with Gasteiger partial charge >= 0.3 is 0 Å². The number of hydrogen-bond donors (Lipinski definition) is 2. The predicted octanol–water partition coefficient (Wildman–Crippen LogP) is 2.04. The molecule has 0 aliphatic carbocycles. The Balaban J connectivity index is 2.21. The molecule has 0 aromatic rings. The summed E-state index contributed by atoms with van der Waals surface area (Å²) in [6, 6.07) is 0. The zero-order valence-electron chi connectivity index (χ0n) is 12.6. The topological polar surface area (TPSA) is 71.1 Å². The molecule has 5 nitrogen and oxygen atoms in total. The Morgan fingerprint density at radius 2 is 2.05 bits per heavy atom. The number of oxime groups is 1. The van der Waals surface area contributed by atoms with Gasteiger partial charge in [0, 0.05) is 25.1 Å². The molecule has 1 saturated heterocycles. The summed E-state index contributed by atoms with van der Waals surface area (Å²) in [7, 11) is 0. The standard InChI is InChI=1S/C14H29N3O2/c1-4-19-12-6-10-17(11-7-12)9-5-8-14(2,3)13(15)16-18/h12,18H,4-11H2,1-3H3,(H2,15,16). The molecule has 0 saturated carbocycles. The minimum Gasteiger partial charge on any atom is -0.409 e. The summed E-state index contributed by atoms with van der Waals surface area (Å²) in [6.07, 6.45) is 4.74. The van der Waals surface area contributed by atoms with Gasteiger partial charge in [0.2, 0.25) is 0 Å². The van der Waals surface area contributed by atoms with Crippen molar-refractivity contribution in [3.05, 3.63) is 0 Å². The van der Waals surface area contributed by atoms with E-state index in [1.54, 1.807) is 0 Å². The molecule has 5 heteroatoms. The van der Waals surface area contributed by atoms with E-state index in [1.165, 1.54) is 0 Å². The van der Waals surface area contributed by atoms with Crippen LogP contribution < -0.4 is 5.73 Å². The third-order valence-corrected chi connectivity index (χ3v) is 4.01. The molecule has 0 amide bonds. The molecular weight excluding hydrogens is 242 g/mol. The van der Waals surface area contributed by atoms with Crippen molar-refractivity contribution in [2.45, 2.75) is 52.6 Å². The Bertz CT molecular complexity index is 284. The van der Waals surface area contributed by atoms with Gasteiger partial charge in [-0.15, -0.1) is 0 Å². The third kappa shape index (κ3) is 5.37. The van der Waals surface area contributed by atoms with Crippen molar-refractivity contribution >= 4 is 5.84 Å². The number of piperidine rings is 1. The summed E-state index contributed by atoms with van der Waals surface area (Å²) in [5, 5.41) is 11.9. The first kappa shape index (κ1) is 16.2. The molecule has 0 unspecified atom stereocenters. The van der Waals surface area contributed by atoms with E-state index in [9.17, 15) is 0 Å². The van der Waals surface area contributed by atoms with Crippen molar-refractivity contribution in [1.29, 1.82) is 0 Å². The minimum atomic E-state index is -0.224. The van der Waals surface area contributed by atoms with Crippen LogP contribution in [0.1, 0.15) is 46.5 Å². The quantitative estimate of drug-likeness (QED) is 0.322. The Morgan fingerprint density at radius 1 is 1.42 bits per heavy atom. The second-order valence-electron chi connectivity index (χ2n) is 5.97. The number of nitrogens with zero attached hydrogens (tertiary/aromatic N) is 2. The highest BCUT2D eigenvalue weighted by Gasteiger charge is 2.24. The van der Waals surface area contributed by atoms with Crippen LogP contribution in [0.3, 0.4) is 0 Å². The van der Waals surface area contributed by atoms with Crippen LogP contribution in [0.25, 0.3) is 0 Å². The molecular formula is C14H29N3O2. The van der Waals surface area contributed by atoms with Crippen LogP contribution in [-0.4, -0.2) is 48.3 Å². The van der Waals surface area contributed by atoms with E-state index in [1.807, 2.05) is 13.8 Å². The highest BCUT2D eigenvalue weighted by molar-refractivity contribution is 5.85. The van der Waals surface area contributed by atoms with Gasteiger partial charge in [-0.05, 0) is 39.2 Å². The molecule has 0 aromatic carbocycles. The summed E-state index contributed by atoms with van der Waals surface area (Å²) in [5.74, 6) is 0.322. The molecule has 0 atom stereocenters. The van der Waals surface area contributed by atoms with E-state index in [4.69, 9.17) is 15.7 Å². The molecule has 3 N–H and O–H groups in total. The first-order valence-electron chi connectivity index (χ1n) is 7.31. The van der Waals surface area contributed by atoms with Gasteiger partial charge in [0.25, 0.3) is 0 Å². The van der Waals surface area contributed by atoms with Crippen molar-refractivity contribution in [2.75, 3.05) is 26.2 Å². The highest BCUT2D eigenvalue weighted by Crippen LogP contribution is 2.23. The molecule has 0 aromatic heterocycles. The Hall–Kier alpha value is -0.810. The monoisotopic (exact) mass is 271 g/mol. The average molecular weight is 271 g/mol. The fourth-order valence-electron chi connectivity index (χ4n) is 2.54. The maximum absolute atomic E-state index is 8.74. The molecule has 19 heavy (non-hydrogen) atoms. The molecule has 1 aliphatic rings. The van der Waals surface area contributed by atoms with Gasteiger partial charge in [-0.2, -0.15) is 0 Å². The molecule has 0 spiro atoms. The van der Waals surface area contributed by atoms with E-state index >= 15 is 0 Å². The minimum absolute atomic E-state index is 0.224. The molecule has 112 valence electrons. The van der Waals surface area contributed by atoms with Crippen LogP contribution in [0, 0.1) is 5.41 Å². The SMILES string of the molecule is CCOC1CCN(CCCC(C)(C)C(N)=NO)CC1. The highest BCUT2D eigenvalue weighted by atomic mass is 16.5. The lowest BCUT2D eigenvalue weighted by molar-refractivity contribution is 0.0137. The van der Waals surface area contributed by atoms with Gasteiger partial charge in [0.05, 0.1) is 6.10 Å². The predicted molar refractivity (Wildman–Crippen MR) is 77.5 cm³/mol. The van der Waals surface area contributed by atoms with E-state index < -0.39 is 0 Å². The number of rotatable bonds is 7. The first-order chi connectivity index (χ1) is 8.99. The van der Waals surface area contributed by atoms with Crippen LogP contribution in [0.4, 0.5) is 0 Å². The molecule has 0 radical (unpaired) electrons. The molecule has 1 heterocycles. The first-order valence-corrected chi connectivity index (χ1v) is 7.31. The normalized spacial score (nSPS) is 19.8. The zero-order chi connectivity index (χ0) is 14.3. The van der Waals surface area contributed by atoms with Crippen molar-refractivity contribution in [1.82, 2.24) is 4.90 Å². The smallest absolute Gasteiger partial charge is 0.144 e. The summed E-state index contributed by atoms with van der Waals surface area (Å²) in [6.45, 7) is 10.2. The second kappa shape index (κ2) is 7.70. The van der Waals surface area contributed by atoms with Gasteiger partial charge in [-0.1, -0.05) is 19.0 Å². The molecule has 0 bridgehead atoms. The van der Waals surface area contributed by atoms with Gasteiger partial charge in [0.1, 0.15) is 5.84 Å². The van der Waals surface area contributed by atoms with Crippen LogP contribution in [0.5, 0.6) is 0 Å². The van der Waals surface area contributed by atoms with Gasteiger partial charge < -0.3 is 20.6 Å². The zero-order valence-corrected chi connectivity index (χ0v) is 12.6. The van der Waals surface area contributed by atoms with Crippen LogP contribution in [0.15, 0.2) is 5.16 Å². The van der Waals surface area contributed by atoms with E-state index in [0.29, 0.717) is 11.9 Å².